The van der Waals surface area contributed by atoms with Crippen LogP contribution in [-0.4, -0.2) is 22.5 Å². The fraction of sp³-hybridized carbons (Fsp3) is 0.267. The second-order valence-electron chi connectivity index (χ2n) is 5.18. The molecule has 1 aromatic carbocycles. The number of benzene rings is 1. The molecule has 0 aliphatic heterocycles. The summed E-state index contributed by atoms with van der Waals surface area (Å²) in [5.41, 5.74) is -0.0362. The summed E-state index contributed by atoms with van der Waals surface area (Å²) < 4.78 is 0. The first-order chi connectivity index (χ1) is 10.3. The van der Waals surface area contributed by atoms with Gasteiger partial charge < -0.3 is 10.4 Å². The minimum Gasteiger partial charge on any atom is -0.384 e. The van der Waals surface area contributed by atoms with Crippen molar-refractivity contribution < 1.29 is 14.8 Å². The second-order valence-corrected chi connectivity index (χ2v) is 5.96. The summed E-state index contributed by atoms with van der Waals surface area (Å²) in [4.78, 5) is 22.6. The molecule has 1 unspecified atom stereocenters. The van der Waals surface area contributed by atoms with Crippen molar-refractivity contribution in [2.45, 2.75) is 19.4 Å². The molecule has 6 nitrogen and oxygen atoms in total. The van der Waals surface area contributed by atoms with Crippen LogP contribution in [0.5, 0.6) is 0 Å². The van der Waals surface area contributed by atoms with Crippen LogP contribution in [0.1, 0.15) is 28.4 Å². The van der Waals surface area contributed by atoms with E-state index in [4.69, 9.17) is 0 Å². The second kappa shape index (κ2) is 6.25. The number of hydrogen-bond donors (Lipinski definition) is 2. The number of carbonyl (C=O) groups is 1. The van der Waals surface area contributed by atoms with Gasteiger partial charge in [-0.2, -0.15) is 11.3 Å². The van der Waals surface area contributed by atoms with Gasteiger partial charge in [0.05, 0.1) is 11.5 Å². The number of amides is 1. The zero-order chi connectivity index (χ0) is 16.3. The molecule has 1 heterocycles. The predicted molar refractivity (Wildman–Crippen MR) is 84.1 cm³/mol. The van der Waals surface area contributed by atoms with E-state index in [1.54, 1.807) is 13.0 Å². The maximum Gasteiger partial charge on any atom is 0.273 e. The lowest BCUT2D eigenvalue weighted by atomic mass is 9.99. The van der Waals surface area contributed by atoms with E-state index in [2.05, 4.69) is 5.32 Å². The third-order valence-electron chi connectivity index (χ3n) is 3.48. The molecule has 2 N–H and O–H groups in total. The van der Waals surface area contributed by atoms with Gasteiger partial charge in [0.25, 0.3) is 11.6 Å². The Hall–Kier alpha value is -2.25. The zero-order valence-corrected chi connectivity index (χ0v) is 13.0. The van der Waals surface area contributed by atoms with Crippen LogP contribution in [0.15, 0.2) is 35.0 Å². The summed E-state index contributed by atoms with van der Waals surface area (Å²) in [6, 6.07) is 6.14. The summed E-state index contributed by atoms with van der Waals surface area (Å²) >= 11 is 1.46. The van der Waals surface area contributed by atoms with E-state index in [0.717, 1.165) is 0 Å². The Kier molecular flexibility index (Phi) is 4.58. The lowest BCUT2D eigenvalue weighted by Crippen LogP contribution is -2.38. The van der Waals surface area contributed by atoms with Gasteiger partial charge in [-0.25, -0.2) is 0 Å². The van der Waals surface area contributed by atoms with Crippen LogP contribution in [-0.2, 0) is 5.60 Å². The highest BCUT2D eigenvalue weighted by Crippen LogP contribution is 2.23. The van der Waals surface area contributed by atoms with Crippen molar-refractivity contribution >= 4 is 22.9 Å². The Balaban J connectivity index is 2.14. The van der Waals surface area contributed by atoms with Crippen LogP contribution in [0.2, 0.25) is 0 Å². The number of rotatable bonds is 5. The molecule has 1 atom stereocenters. The Morgan fingerprint density at radius 3 is 2.77 bits per heavy atom. The molecule has 0 aliphatic rings. The van der Waals surface area contributed by atoms with Crippen LogP contribution in [0.4, 0.5) is 5.69 Å². The molecular formula is C15H16N2O4S. The highest BCUT2D eigenvalue weighted by Gasteiger charge is 2.25. The molecule has 2 aromatic rings. The average molecular weight is 320 g/mol. The SMILES string of the molecule is Cc1c(C(=O)NCC(C)(O)c2ccsc2)cccc1[N+](=O)[O-]. The summed E-state index contributed by atoms with van der Waals surface area (Å²) in [6.07, 6.45) is 0. The van der Waals surface area contributed by atoms with Crippen LogP contribution in [0.3, 0.4) is 0 Å². The van der Waals surface area contributed by atoms with E-state index in [-0.39, 0.29) is 17.8 Å². The molecule has 0 aliphatic carbocycles. The highest BCUT2D eigenvalue weighted by atomic mass is 32.1. The Bertz CT molecular complexity index is 696. The normalized spacial score (nSPS) is 13.4. The number of carbonyl (C=O) groups excluding carboxylic acids is 1. The van der Waals surface area contributed by atoms with E-state index < -0.39 is 16.4 Å². The summed E-state index contributed by atoms with van der Waals surface area (Å²) in [6.45, 7) is 3.16. The van der Waals surface area contributed by atoms with E-state index in [1.165, 1.54) is 36.5 Å². The molecule has 0 spiro atoms. The molecule has 1 aromatic heterocycles. The Morgan fingerprint density at radius 1 is 1.45 bits per heavy atom. The molecule has 1 amide bonds. The van der Waals surface area contributed by atoms with Gasteiger partial charge in [0.2, 0.25) is 0 Å². The number of thiophene rings is 1. The standard InChI is InChI=1S/C15H16N2O4S/c1-10-12(4-3-5-13(10)17(20)21)14(18)16-9-15(2,19)11-6-7-22-8-11/h3-8,19H,9H2,1-2H3,(H,16,18). The zero-order valence-electron chi connectivity index (χ0n) is 12.2. The number of nitrogens with one attached hydrogen (secondary N) is 1. The van der Waals surface area contributed by atoms with Crippen LogP contribution >= 0.6 is 11.3 Å². The van der Waals surface area contributed by atoms with Crippen molar-refractivity contribution in [3.63, 3.8) is 0 Å². The van der Waals surface area contributed by atoms with Gasteiger partial charge in [0.15, 0.2) is 0 Å². The van der Waals surface area contributed by atoms with E-state index in [9.17, 15) is 20.0 Å². The van der Waals surface area contributed by atoms with Gasteiger partial charge in [-0.1, -0.05) is 6.07 Å². The van der Waals surface area contributed by atoms with Gasteiger partial charge >= 0.3 is 0 Å². The molecule has 0 saturated heterocycles. The number of nitro groups is 1. The van der Waals surface area contributed by atoms with Gasteiger partial charge in [-0.15, -0.1) is 0 Å². The van der Waals surface area contributed by atoms with Crippen LogP contribution < -0.4 is 5.32 Å². The molecule has 0 radical (unpaired) electrons. The first-order valence-corrected chi connectivity index (χ1v) is 7.54. The number of nitro benzene ring substituents is 1. The maximum absolute atomic E-state index is 12.2. The van der Waals surface area contributed by atoms with Crippen molar-refractivity contribution in [2.75, 3.05) is 6.54 Å². The lowest BCUT2D eigenvalue weighted by Gasteiger charge is -2.23. The average Bonchev–Trinajstić information content (AvgIpc) is 3.00. The summed E-state index contributed by atoms with van der Waals surface area (Å²) in [5, 5.41) is 27.6. The largest absolute Gasteiger partial charge is 0.384 e. The van der Waals surface area contributed by atoms with Crippen molar-refractivity contribution in [1.29, 1.82) is 0 Å². The Morgan fingerprint density at radius 2 is 2.18 bits per heavy atom. The molecular weight excluding hydrogens is 304 g/mol. The third-order valence-corrected chi connectivity index (χ3v) is 4.17. The van der Waals surface area contributed by atoms with Crippen LogP contribution in [0, 0.1) is 17.0 Å². The quantitative estimate of drug-likeness (QED) is 0.654. The van der Waals surface area contributed by atoms with Gasteiger partial charge in [0.1, 0.15) is 5.60 Å². The predicted octanol–water partition coefficient (Wildman–Crippen LogP) is 2.60. The monoisotopic (exact) mass is 320 g/mol. The molecule has 116 valence electrons. The van der Waals surface area contributed by atoms with E-state index >= 15 is 0 Å². The topological polar surface area (TPSA) is 92.5 Å². The highest BCUT2D eigenvalue weighted by molar-refractivity contribution is 7.08. The first kappa shape index (κ1) is 16.1. The fourth-order valence-corrected chi connectivity index (χ4v) is 2.87. The van der Waals surface area contributed by atoms with Gasteiger partial charge in [-0.05, 0) is 42.3 Å². The van der Waals surface area contributed by atoms with E-state index in [0.29, 0.717) is 11.1 Å². The van der Waals surface area contributed by atoms with Crippen molar-refractivity contribution in [2.24, 2.45) is 0 Å². The van der Waals surface area contributed by atoms with Gasteiger partial charge in [-0.3, -0.25) is 14.9 Å². The minimum atomic E-state index is -1.19. The Labute approximate surface area is 131 Å². The summed E-state index contributed by atoms with van der Waals surface area (Å²) in [5.74, 6) is -0.447. The number of hydrogen-bond acceptors (Lipinski definition) is 5. The molecule has 2 rings (SSSR count). The van der Waals surface area contributed by atoms with Crippen molar-refractivity contribution in [3.8, 4) is 0 Å². The molecule has 0 saturated carbocycles. The van der Waals surface area contributed by atoms with E-state index in [1.807, 2.05) is 10.8 Å². The maximum atomic E-state index is 12.2. The number of aliphatic hydroxyl groups is 1. The minimum absolute atomic E-state index is 0.0186. The van der Waals surface area contributed by atoms with Crippen molar-refractivity contribution in [3.05, 3.63) is 61.8 Å². The van der Waals surface area contributed by atoms with Gasteiger partial charge in [0, 0.05) is 17.2 Å². The molecule has 7 heteroatoms. The molecule has 22 heavy (non-hydrogen) atoms. The lowest BCUT2D eigenvalue weighted by molar-refractivity contribution is -0.385. The first-order valence-electron chi connectivity index (χ1n) is 6.60. The van der Waals surface area contributed by atoms with Crippen molar-refractivity contribution in [1.82, 2.24) is 5.32 Å². The number of nitrogens with zero attached hydrogens (tertiary/aromatic N) is 1. The summed E-state index contributed by atoms with van der Waals surface area (Å²) in [7, 11) is 0. The molecule has 0 fully saturated rings. The van der Waals surface area contributed by atoms with Crippen LogP contribution in [0.25, 0.3) is 0 Å². The molecule has 0 bridgehead atoms. The smallest absolute Gasteiger partial charge is 0.273 e. The fourth-order valence-electron chi connectivity index (χ4n) is 2.09. The third kappa shape index (κ3) is 3.32.